The van der Waals surface area contributed by atoms with Gasteiger partial charge in [-0.1, -0.05) is 129 Å². The molecule has 0 aliphatic heterocycles. The Morgan fingerprint density at radius 2 is 0.538 bits per heavy atom. The minimum atomic E-state index is 1.12. The van der Waals surface area contributed by atoms with E-state index in [0.717, 1.165) is 12.8 Å². The molecule has 0 heteroatoms. The van der Waals surface area contributed by atoms with E-state index in [9.17, 15) is 0 Å². The lowest BCUT2D eigenvalue weighted by atomic mass is 10.0. The molecular formula is C26H50. The van der Waals surface area contributed by atoms with Gasteiger partial charge in [-0.05, 0) is 12.8 Å². The molecule has 0 fully saturated rings. The molecule has 0 radical (unpaired) electrons. The Labute approximate surface area is 167 Å². The van der Waals surface area contributed by atoms with Crippen molar-refractivity contribution in [3.63, 3.8) is 0 Å². The Kier molecular flexibility index (Phi) is 24.1. The first-order valence-corrected chi connectivity index (χ1v) is 12.4. The third-order valence-corrected chi connectivity index (χ3v) is 5.44. The molecule has 0 nitrogen and oxygen atoms in total. The molecule has 0 N–H and O–H groups in total. The standard InChI is InChI=1S/C26H50/c1-3-5-7-9-11-13-15-17-19-21-23-25-26-24-22-20-18-16-14-12-10-8-6-4-2/h3-11,13,15-26H2,1-2H3. The second-order valence-corrected chi connectivity index (χ2v) is 8.22. The van der Waals surface area contributed by atoms with Crippen molar-refractivity contribution in [1.29, 1.82) is 0 Å². The molecule has 0 atom stereocenters. The van der Waals surface area contributed by atoms with Crippen molar-refractivity contribution in [2.24, 2.45) is 0 Å². The van der Waals surface area contributed by atoms with Gasteiger partial charge in [0.05, 0.1) is 0 Å². The Morgan fingerprint density at radius 1 is 0.308 bits per heavy atom. The van der Waals surface area contributed by atoms with Crippen LogP contribution in [-0.4, -0.2) is 0 Å². The van der Waals surface area contributed by atoms with Crippen LogP contribution in [0.4, 0.5) is 0 Å². The van der Waals surface area contributed by atoms with Crippen LogP contribution in [0.2, 0.25) is 0 Å². The Bertz CT molecular complexity index is 293. The highest BCUT2D eigenvalue weighted by Crippen LogP contribution is 2.14. The lowest BCUT2D eigenvalue weighted by molar-refractivity contribution is 0.528. The van der Waals surface area contributed by atoms with Gasteiger partial charge in [0.2, 0.25) is 0 Å². The van der Waals surface area contributed by atoms with Crippen LogP contribution in [0.25, 0.3) is 0 Å². The van der Waals surface area contributed by atoms with Gasteiger partial charge >= 0.3 is 0 Å². The molecule has 0 saturated heterocycles. The van der Waals surface area contributed by atoms with Crippen LogP contribution in [0, 0.1) is 11.8 Å². The van der Waals surface area contributed by atoms with Crippen LogP contribution in [0.3, 0.4) is 0 Å². The minimum Gasteiger partial charge on any atom is -0.103 e. The van der Waals surface area contributed by atoms with E-state index in [-0.39, 0.29) is 0 Å². The maximum Gasteiger partial charge on any atom is 0.00886 e. The van der Waals surface area contributed by atoms with Gasteiger partial charge in [-0.25, -0.2) is 0 Å². The fourth-order valence-electron chi connectivity index (χ4n) is 3.58. The van der Waals surface area contributed by atoms with E-state index >= 15 is 0 Å². The average molecular weight is 363 g/mol. The van der Waals surface area contributed by atoms with E-state index in [1.165, 1.54) is 128 Å². The van der Waals surface area contributed by atoms with Crippen LogP contribution in [-0.2, 0) is 0 Å². The summed E-state index contributed by atoms with van der Waals surface area (Å²) >= 11 is 0. The Morgan fingerprint density at radius 3 is 0.885 bits per heavy atom. The smallest absolute Gasteiger partial charge is 0.00886 e. The van der Waals surface area contributed by atoms with Gasteiger partial charge in [-0.3, -0.25) is 0 Å². The Hall–Kier alpha value is -0.440. The van der Waals surface area contributed by atoms with E-state index in [0.29, 0.717) is 0 Å². The fraction of sp³-hybridized carbons (Fsp3) is 0.923. The van der Waals surface area contributed by atoms with Crippen LogP contribution in [0.15, 0.2) is 0 Å². The van der Waals surface area contributed by atoms with Gasteiger partial charge in [-0.15, -0.1) is 11.8 Å². The van der Waals surface area contributed by atoms with Crippen LogP contribution in [0.5, 0.6) is 0 Å². The molecule has 0 rings (SSSR count). The maximum absolute atomic E-state index is 3.35. The summed E-state index contributed by atoms with van der Waals surface area (Å²) in [7, 11) is 0. The first-order chi connectivity index (χ1) is 12.9. The molecule has 154 valence electrons. The van der Waals surface area contributed by atoms with Crippen molar-refractivity contribution in [3.05, 3.63) is 0 Å². The number of rotatable bonds is 20. The number of hydrogen-bond acceptors (Lipinski definition) is 0. The predicted octanol–water partition coefficient (Wildman–Crippen LogP) is 9.61. The van der Waals surface area contributed by atoms with E-state index in [1.807, 2.05) is 0 Å². The highest BCUT2D eigenvalue weighted by Gasteiger charge is 1.94. The minimum absolute atomic E-state index is 1.12. The summed E-state index contributed by atoms with van der Waals surface area (Å²) in [6.07, 6.45) is 30.8. The molecule has 0 aromatic carbocycles. The monoisotopic (exact) mass is 362 g/mol. The molecule has 0 aliphatic rings. The highest BCUT2D eigenvalue weighted by molar-refractivity contribution is 4.98. The second-order valence-electron chi connectivity index (χ2n) is 8.22. The largest absolute Gasteiger partial charge is 0.103 e. The van der Waals surface area contributed by atoms with Crippen LogP contribution < -0.4 is 0 Å². The number of unbranched alkanes of at least 4 members (excludes halogenated alkanes) is 20. The molecule has 0 aromatic heterocycles. The van der Waals surface area contributed by atoms with Gasteiger partial charge in [0, 0.05) is 12.8 Å². The normalized spacial score (nSPS) is 10.7. The van der Waals surface area contributed by atoms with Gasteiger partial charge in [0.15, 0.2) is 0 Å². The zero-order valence-corrected chi connectivity index (χ0v) is 18.6. The molecule has 0 bridgehead atoms. The molecule has 26 heavy (non-hydrogen) atoms. The molecule has 0 aromatic rings. The lowest BCUT2D eigenvalue weighted by Gasteiger charge is -2.03. The number of hydrogen-bond donors (Lipinski definition) is 0. The Balaban J connectivity index is 3.03. The molecule has 0 aliphatic carbocycles. The summed E-state index contributed by atoms with van der Waals surface area (Å²) in [6.45, 7) is 4.55. The molecular weight excluding hydrogens is 312 g/mol. The van der Waals surface area contributed by atoms with Gasteiger partial charge in [-0.2, -0.15) is 0 Å². The molecule has 0 amide bonds. The second kappa shape index (κ2) is 24.6. The molecule has 0 spiro atoms. The molecule has 0 unspecified atom stereocenters. The maximum atomic E-state index is 3.35. The van der Waals surface area contributed by atoms with Crippen LogP contribution in [0.1, 0.15) is 155 Å². The van der Waals surface area contributed by atoms with E-state index in [4.69, 9.17) is 0 Å². The average Bonchev–Trinajstić information content (AvgIpc) is 2.66. The van der Waals surface area contributed by atoms with E-state index < -0.39 is 0 Å². The zero-order chi connectivity index (χ0) is 19.0. The van der Waals surface area contributed by atoms with Crippen molar-refractivity contribution in [3.8, 4) is 11.8 Å². The summed E-state index contributed by atoms with van der Waals surface area (Å²) in [5.74, 6) is 6.67. The summed E-state index contributed by atoms with van der Waals surface area (Å²) in [6, 6.07) is 0. The lowest BCUT2D eigenvalue weighted by Crippen LogP contribution is -1.83. The first-order valence-electron chi connectivity index (χ1n) is 12.4. The summed E-state index contributed by atoms with van der Waals surface area (Å²) in [5, 5.41) is 0. The van der Waals surface area contributed by atoms with Crippen molar-refractivity contribution in [2.75, 3.05) is 0 Å². The van der Waals surface area contributed by atoms with Gasteiger partial charge < -0.3 is 0 Å². The topological polar surface area (TPSA) is 0 Å². The summed E-state index contributed by atoms with van der Waals surface area (Å²) in [4.78, 5) is 0. The summed E-state index contributed by atoms with van der Waals surface area (Å²) < 4.78 is 0. The van der Waals surface area contributed by atoms with Crippen molar-refractivity contribution in [2.45, 2.75) is 155 Å². The van der Waals surface area contributed by atoms with E-state index in [1.54, 1.807) is 0 Å². The van der Waals surface area contributed by atoms with Gasteiger partial charge in [0.25, 0.3) is 0 Å². The first kappa shape index (κ1) is 25.6. The quantitative estimate of drug-likeness (QED) is 0.149. The predicted molar refractivity (Wildman–Crippen MR) is 121 cm³/mol. The molecule has 0 heterocycles. The zero-order valence-electron chi connectivity index (χ0n) is 18.6. The fourth-order valence-corrected chi connectivity index (χ4v) is 3.58. The van der Waals surface area contributed by atoms with Gasteiger partial charge in [0.1, 0.15) is 0 Å². The SMILES string of the molecule is CCCCCC#CCCCCCCCCCCCCCCCCCCC. The summed E-state index contributed by atoms with van der Waals surface area (Å²) in [5.41, 5.74) is 0. The highest BCUT2D eigenvalue weighted by atomic mass is 14.0. The van der Waals surface area contributed by atoms with Crippen molar-refractivity contribution in [1.82, 2.24) is 0 Å². The third-order valence-electron chi connectivity index (χ3n) is 5.44. The van der Waals surface area contributed by atoms with Crippen LogP contribution >= 0.6 is 0 Å². The van der Waals surface area contributed by atoms with Crippen molar-refractivity contribution >= 4 is 0 Å². The molecule has 0 saturated carbocycles. The van der Waals surface area contributed by atoms with Crippen molar-refractivity contribution < 1.29 is 0 Å². The van der Waals surface area contributed by atoms with E-state index in [2.05, 4.69) is 25.7 Å². The third kappa shape index (κ3) is 23.6.